The van der Waals surface area contributed by atoms with Crippen LogP contribution in [0.25, 0.3) is 0 Å². The third-order valence-corrected chi connectivity index (χ3v) is 3.69. The Morgan fingerprint density at radius 2 is 2.28 bits per heavy atom. The van der Waals surface area contributed by atoms with Crippen LogP contribution in [0.1, 0.15) is 38.9 Å². The molecule has 1 N–H and O–H groups in total. The standard InChI is InChI=1S/C13H25N5/c1-3-6-14-7-4-5-12(2)17-8-9-18-11-15-16-13(18)10-17/h11-12,14H,3-10H2,1-2H3. The van der Waals surface area contributed by atoms with Gasteiger partial charge in [0.2, 0.25) is 0 Å². The SMILES string of the molecule is CCCNCCCC(C)N1CCn2cnnc2C1. The van der Waals surface area contributed by atoms with Gasteiger partial charge in [0.25, 0.3) is 0 Å². The summed E-state index contributed by atoms with van der Waals surface area (Å²) in [4.78, 5) is 2.52. The van der Waals surface area contributed by atoms with Crippen molar-refractivity contribution in [3.8, 4) is 0 Å². The van der Waals surface area contributed by atoms with Crippen molar-refractivity contribution >= 4 is 0 Å². The summed E-state index contributed by atoms with van der Waals surface area (Å²) in [6.45, 7) is 9.91. The largest absolute Gasteiger partial charge is 0.317 e. The Kier molecular flexibility index (Phi) is 5.13. The molecule has 18 heavy (non-hydrogen) atoms. The molecule has 2 heterocycles. The van der Waals surface area contributed by atoms with E-state index in [0.29, 0.717) is 6.04 Å². The Labute approximate surface area is 110 Å². The Balaban J connectivity index is 1.69. The zero-order valence-corrected chi connectivity index (χ0v) is 11.6. The normalized spacial score (nSPS) is 17.7. The summed E-state index contributed by atoms with van der Waals surface area (Å²) in [5.41, 5.74) is 0. The fraction of sp³-hybridized carbons (Fsp3) is 0.846. The molecule has 2 rings (SSSR count). The summed E-state index contributed by atoms with van der Waals surface area (Å²) < 4.78 is 2.16. The van der Waals surface area contributed by atoms with Crippen LogP contribution in [-0.2, 0) is 13.1 Å². The Bertz CT molecular complexity index is 349. The quantitative estimate of drug-likeness (QED) is 0.741. The Morgan fingerprint density at radius 1 is 1.39 bits per heavy atom. The highest BCUT2D eigenvalue weighted by molar-refractivity contribution is 4.91. The van der Waals surface area contributed by atoms with Crippen molar-refractivity contribution in [2.45, 2.75) is 52.2 Å². The highest BCUT2D eigenvalue weighted by Crippen LogP contribution is 2.14. The first kappa shape index (κ1) is 13.5. The van der Waals surface area contributed by atoms with E-state index >= 15 is 0 Å². The van der Waals surface area contributed by atoms with E-state index in [0.717, 1.165) is 38.5 Å². The van der Waals surface area contributed by atoms with Crippen molar-refractivity contribution < 1.29 is 0 Å². The molecule has 0 aliphatic carbocycles. The van der Waals surface area contributed by atoms with Crippen LogP contribution in [0.4, 0.5) is 0 Å². The lowest BCUT2D eigenvalue weighted by atomic mass is 10.1. The lowest BCUT2D eigenvalue weighted by Crippen LogP contribution is -2.40. The van der Waals surface area contributed by atoms with Gasteiger partial charge >= 0.3 is 0 Å². The molecule has 0 amide bonds. The van der Waals surface area contributed by atoms with Gasteiger partial charge in [-0.2, -0.15) is 0 Å². The van der Waals surface area contributed by atoms with Gasteiger partial charge in [-0.25, -0.2) is 0 Å². The summed E-state index contributed by atoms with van der Waals surface area (Å²) >= 11 is 0. The molecular formula is C13H25N5. The molecule has 5 heteroatoms. The van der Waals surface area contributed by atoms with Crippen LogP contribution in [0.5, 0.6) is 0 Å². The number of nitrogens with zero attached hydrogens (tertiary/aromatic N) is 4. The Hall–Kier alpha value is -0.940. The smallest absolute Gasteiger partial charge is 0.147 e. The molecule has 0 spiro atoms. The van der Waals surface area contributed by atoms with Gasteiger partial charge < -0.3 is 9.88 Å². The van der Waals surface area contributed by atoms with Crippen LogP contribution in [-0.4, -0.2) is 45.3 Å². The van der Waals surface area contributed by atoms with E-state index < -0.39 is 0 Å². The molecule has 0 saturated heterocycles. The van der Waals surface area contributed by atoms with Crippen LogP contribution in [0, 0.1) is 0 Å². The Morgan fingerprint density at radius 3 is 3.11 bits per heavy atom. The number of hydrogen-bond donors (Lipinski definition) is 1. The molecule has 1 aromatic heterocycles. The van der Waals surface area contributed by atoms with Crippen molar-refractivity contribution in [1.82, 2.24) is 25.0 Å². The molecular weight excluding hydrogens is 226 g/mol. The third-order valence-electron chi connectivity index (χ3n) is 3.69. The average molecular weight is 251 g/mol. The van der Waals surface area contributed by atoms with Crippen LogP contribution in [0.15, 0.2) is 6.33 Å². The predicted molar refractivity (Wildman–Crippen MR) is 72.3 cm³/mol. The minimum atomic E-state index is 0.638. The molecule has 1 aliphatic heterocycles. The highest BCUT2D eigenvalue weighted by atomic mass is 15.3. The second-order valence-electron chi connectivity index (χ2n) is 5.15. The fourth-order valence-electron chi connectivity index (χ4n) is 2.47. The summed E-state index contributed by atoms with van der Waals surface area (Å²) in [7, 11) is 0. The minimum absolute atomic E-state index is 0.638. The molecule has 0 bridgehead atoms. The molecule has 1 aliphatic rings. The van der Waals surface area contributed by atoms with Crippen LogP contribution in [0.3, 0.4) is 0 Å². The van der Waals surface area contributed by atoms with Gasteiger partial charge in [0.1, 0.15) is 12.2 Å². The van der Waals surface area contributed by atoms with Crippen LogP contribution in [0.2, 0.25) is 0 Å². The molecule has 1 unspecified atom stereocenters. The topological polar surface area (TPSA) is 46.0 Å². The van der Waals surface area contributed by atoms with Crippen molar-refractivity contribution in [2.24, 2.45) is 0 Å². The molecule has 5 nitrogen and oxygen atoms in total. The molecule has 0 radical (unpaired) electrons. The van der Waals surface area contributed by atoms with Crippen molar-refractivity contribution in [3.05, 3.63) is 12.2 Å². The molecule has 0 aromatic carbocycles. The lowest BCUT2D eigenvalue weighted by Gasteiger charge is -2.32. The van der Waals surface area contributed by atoms with E-state index in [4.69, 9.17) is 0 Å². The second-order valence-corrected chi connectivity index (χ2v) is 5.15. The molecule has 0 saturated carbocycles. The van der Waals surface area contributed by atoms with Crippen LogP contribution < -0.4 is 5.32 Å². The van der Waals surface area contributed by atoms with Gasteiger partial charge in [-0.1, -0.05) is 6.92 Å². The number of rotatable bonds is 7. The van der Waals surface area contributed by atoms with E-state index in [9.17, 15) is 0 Å². The summed E-state index contributed by atoms with van der Waals surface area (Å²) in [6.07, 6.45) is 5.57. The first-order chi connectivity index (χ1) is 8.81. The van der Waals surface area contributed by atoms with Gasteiger partial charge in [-0.05, 0) is 39.3 Å². The summed E-state index contributed by atoms with van der Waals surface area (Å²) in [5.74, 6) is 1.11. The lowest BCUT2D eigenvalue weighted by molar-refractivity contribution is 0.154. The summed E-state index contributed by atoms with van der Waals surface area (Å²) in [6, 6.07) is 0.638. The number of hydrogen-bond acceptors (Lipinski definition) is 4. The maximum atomic E-state index is 4.17. The van der Waals surface area contributed by atoms with Crippen molar-refractivity contribution in [2.75, 3.05) is 19.6 Å². The maximum Gasteiger partial charge on any atom is 0.147 e. The van der Waals surface area contributed by atoms with Crippen molar-refractivity contribution in [3.63, 3.8) is 0 Å². The monoisotopic (exact) mass is 251 g/mol. The second kappa shape index (κ2) is 6.85. The van der Waals surface area contributed by atoms with E-state index in [1.807, 2.05) is 6.33 Å². The van der Waals surface area contributed by atoms with E-state index in [-0.39, 0.29) is 0 Å². The average Bonchev–Trinajstić information content (AvgIpc) is 2.85. The van der Waals surface area contributed by atoms with Gasteiger partial charge in [-0.3, -0.25) is 4.90 Å². The van der Waals surface area contributed by atoms with E-state index in [2.05, 4.69) is 38.8 Å². The zero-order chi connectivity index (χ0) is 12.8. The van der Waals surface area contributed by atoms with Crippen molar-refractivity contribution in [1.29, 1.82) is 0 Å². The molecule has 1 atom stereocenters. The number of fused-ring (bicyclic) bond motifs is 1. The first-order valence-electron chi connectivity index (χ1n) is 7.12. The van der Waals surface area contributed by atoms with E-state index in [1.165, 1.54) is 19.3 Å². The highest BCUT2D eigenvalue weighted by Gasteiger charge is 2.21. The van der Waals surface area contributed by atoms with Gasteiger partial charge in [0, 0.05) is 19.1 Å². The maximum absolute atomic E-state index is 4.17. The first-order valence-corrected chi connectivity index (χ1v) is 7.12. The summed E-state index contributed by atoms with van der Waals surface area (Å²) in [5, 5.41) is 11.6. The minimum Gasteiger partial charge on any atom is -0.317 e. The zero-order valence-electron chi connectivity index (χ0n) is 11.6. The fourth-order valence-corrected chi connectivity index (χ4v) is 2.47. The van der Waals surface area contributed by atoms with Gasteiger partial charge in [-0.15, -0.1) is 10.2 Å². The predicted octanol–water partition coefficient (Wildman–Crippen LogP) is 1.26. The third kappa shape index (κ3) is 3.53. The van der Waals surface area contributed by atoms with Gasteiger partial charge in [0.05, 0.1) is 6.54 Å². The van der Waals surface area contributed by atoms with E-state index in [1.54, 1.807) is 0 Å². The number of nitrogens with one attached hydrogen (secondary N) is 1. The molecule has 0 fully saturated rings. The molecule has 102 valence electrons. The van der Waals surface area contributed by atoms with Gasteiger partial charge in [0.15, 0.2) is 0 Å². The number of aromatic nitrogens is 3. The molecule has 1 aromatic rings. The van der Waals surface area contributed by atoms with Crippen LogP contribution >= 0.6 is 0 Å².